The quantitative estimate of drug-likeness (QED) is 0.755. The van der Waals surface area contributed by atoms with E-state index in [0.29, 0.717) is 18.9 Å². The molecule has 0 bridgehead atoms. The second-order valence-corrected chi connectivity index (χ2v) is 8.04. The summed E-state index contributed by atoms with van der Waals surface area (Å²) in [5.74, 6) is 2.03. The Morgan fingerprint density at radius 2 is 2.10 bits per heavy atom. The number of hydrogen-bond acceptors (Lipinski definition) is 4. The fraction of sp³-hybridized carbons (Fsp3) is 0.786. The van der Waals surface area contributed by atoms with Crippen LogP contribution in [-0.4, -0.2) is 36.0 Å². The molecular weight excluding hydrogens is 274 g/mol. The predicted octanol–water partition coefficient (Wildman–Crippen LogP) is 1.76. The van der Waals surface area contributed by atoms with Crippen LogP contribution in [0.3, 0.4) is 0 Å². The third-order valence-electron chi connectivity index (χ3n) is 3.27. The molecule has 0 aliphatic heterocycles. The first-order valence-corrected chi connectivity index (χ1v) is 9.10. The lowest BCUT2D eigenvalue weighted by Gasteiger charge is -2.12. The van der Waals surface area contributed by atoms with Crippen molar-refractivity contribution < 1.29 is 8.42 Å². The van der Waals surface area contributed by atoms with Crippen LogP contribution < -0.4 is 5.32 Å². The summed E-state index contributed by atoms with van der Waals surface area (Å²) in [5, 5.41) is 3.39. The highest BCUT2D eigenvalue weighted by Crippen LogP contribution is 2.07. The molecule has 0 aliphatic rings. The zero-order chi connectivity index (χ0) is 15.2. The summed E-state index contributed by atoms with van der Waals surface area (Å²) in [6.45, 7) is 10.5. The average Bonchev–Trinajstić information content (AvgIpc) is 2.71. The van der Waals surface area contributed by atoms with Crippen LogP contribution in [0.4, 0.5) is 0 Å². The summed E-state index contributed by atoms with van der Waals surface area (Å²) in [4.78, 5) is 4.32. The molecule has 116 valence electrons. The second-order valence-electron chi connectivity index (χ2n) is 5.56. The third kappa shape index (κ3) is 5.63. The molecule has 6 heteroatoms. The van der Waals surface area contributed by atoms with Crippen molar-refractivity contribution >= 4 is 9.84 Å². The summed E-state index contributed by atoms with van der Waals surface area (Å²) < 4.78 is 25.1. The van der Waals surface area contributed by atoms with E-state index in [0.717, 1.165) is 24.6 Å². The summed E-state index contributed by atoms with van der Waals surface area (Å²) in [5.41, 5.74) is 1.12. The van der Waals surface area contributed by atoms with Gasteiger partial charge >= 0.3 is 0 Å². The lowest BCUT2D eigenvalue weighted by molar-refractivity contribution is 0.528. The van der Waals surface area contributed by atoms with Gasteiger partial charge in [0, 0.05) is 25.0 Å². The minimum Gasteiger partial charge on any atom is -0.331 e. The number of hydrogen-bond donors (Lipinski definition) is 1. The molecule has 1 aromatic heterocycles. The lowest BCUT2D eigenvalue weighted by atomic mass is 10.2. The molecule has 0 saturated heterocycles. The van der Waals surface area contributed by atoms with Crippen molar-refractivity contribution in [3.8, 4) is 0 Å². The van der Waals surface area contributed by atoms with E-state index in [9.17, 15) is 8.42 Å². The van der Waals surface area contributed by atoms with Gasteiger partial charge in [-0.15, -0.1) is 0 Å². The zero-order valence-corrected chi connectivity index (χ0v) is 13.8. The van der Waals surface area contributed by atoms with Crippen LogP contribution in [0.5, 0.6) is 0 Å². The maximum atomic E-state index is 11.5. The Hall–Kier alpha value is -0.880. The average molecular weight is 301 g/mol. The van der Waals surface area contributed by atoms with Gasteiger partial charge < -0.3 is 9.88 Å². The molecule has 5 nitrogen and oxygen atoms in total. The van der Waals surface area contributed by atoms with Crippen molar-refractivity contribution in [1.82, 2.24) is 14.9 Å². The smallest absolute Gasteiger partial charge is 0.150 e. The molecule has 1 heterocycles. The number of sulfone groups is 1. The summed E-state index contributed by atoms with van der Waals surface area (Å²) >= 11 is 0. The van der Waals surface area contributed by atoms with Gasteiger partial charge in [0.25, 0.3) is 0 Å². The summed E-state index contributed by atoms with van der Waals surface area (Å²) in [7, 11) is -2.88. The molecule has 0 unspecified atom stereocenters. The molecule has 1 aromatic rings. The van der Waals surface area contributed by atoms with Crippen LogP contribution in [0.15, 0.2) is 6.20 Å². The van der Waals surface area contributed by atoms with Gasteiger partial charge in [0.2, 0.25) is 0 Å². The zero-order valence-electron chi connectivity index (χ0n) is 13.0. The van der Waals surface area contributed by atoms with E-state index in [-0.39, 0.29) is 11.5 Å². The Morgan fingerprint density at radius 3 is 2.70 bits per heavy atom. The molecule has 20 heavy (non-hydrogen) atoms. The lowest BCUT2D eigenvalue weighted by Crippen LogP contribution is -2.21. The van der Waals surface area contributed by atoms with Crippen molar-refractivity contribution in [3.05, 3.63) is 17.7 Å². The standard InChI is InChI=1S/C14H27N3O2S/c1-5-20(18,19)8-6-7-17-13(4)16-11-14(17)10-15-9-12(2)3/h11-12,15H,5-10H2,1-4H3. The maximum Gasteiger partial charge on any atom is 0.150 e. The number of aromatic nitrogens is 2. The molecule has 0 amide bonds. The summed E-state index contributed by atoms with van der Waals surface area (Å²) in [6, 6.07) is 0. The second kappa shape index (κ2) is 7.78. The Morgan fingerprint density at radius 1 is 1.40 bits per heavy atom. The van der Waals surface area contributed by atoms with Crippen molar-refractivity contribution in [3.63, 3.8) is 0 Å². The monoisotopic (exact) mass is 301 g/mol. The molecule has 0 aliphatic carbocycles. The van der Waals surface area contributed by atoms with Gasteiger partial charge in [-0.05, 0) is 25.8 Å². The Kier molecular flexibility index (Phi) is 6.68. The van der Waals surface area contributed by atoms with Crippen molar-refractivity contribution in [2.45, 2.75) is 47.2 Å². The van der Waals surface area contributed by atoms with Crippen LogP contribution in [-0.2, 0) is 22.9 Å². The van der Waals surface area contributed by atoms with Gasteiger partial charge in [-0.1, -0.05) is 20.8 Å². The highest BCUT2D eigenvalue weighted by Gasteiger charge is 2.10. The van der Waals surface area contributed by atoms with Crippen molar-refractivity contribution in [2.75, 3.05) is 18.1 Å². The minimum absolute atomic E-state index is 0.221. The van der Waals surface area contributed by atoms with Gasteiger partial charge in [-0.3, -0.25) is 0 Å². The van der Waals surface area contributed by atoms with Crippen LogP contribution in [0.25, 0.3) is 0 Å². The molecular formula is C14H27N3O2S. The number of aryl methyl sites for hydroxylation is 1. The molecule has 1 N–H and O–H groups in total. The van der Waals surface area contributed by atoms with Crippen LogP contribution in [0.2, 0.25) is 0 Å². The van der Waals surface area contributed by atoms with E-state index >= 15 is 0 Å². The van der Waals surface area contributed by atoms with E-state index < -0.39 is 9.84 Å². The molecule has 0 radical (unpaired) electrons. The molecule has 0 fully saturated rings. The molecule has 0 atom stereocenters. The topological polar surface area (TPSA) is 64.0 Å². The number of rotatable bonds is 9. The van der Waals surface area contributed by atoms with Gasteiger partial charge in [-0.25, -0.2) is 13.4 Å². The number of imidazole rings is 1. The van der Waals surface area contributed by atoms with Crippen LogP contribution in [0.1, 0.15) is 38.7 Å². The van der Waals surface area contributed by atoms with Gasteiger partial charge in [-0.2, -0.15) is 0 Å². The fourth-order valence-corrected chi connectivity index (χ4v) is 2.90. The Bertz CT molecular complexity index is 506. The molecule has 0 spiro atoms. The molecule has 0 aromatic carbocycles. The first-order valence-electron chi connectivity index (χ1n) is 7.28. The normalized spacial score (nSPS) is 12.2. The van der Waals surface area contributed by atoms with Crippen LogP contribution in [0, 0.1) is 12.8 Å². The fourth-order valence-electron chi connectivity index (χ4n) is 2.04. The van der Waals surface area contributed by atoms with E-state index in [2.05, 4.69) is 28.7 Å². The molecule has 0 saturated carbocycles. The van der Waals surface area contributed by atoms with Crippen molar-refractivity contribution in [1.29, 1.82) is 0 Å². The highest BCUT2D eigenvalue weighted by molar-refractivity contribution is 7.91. The SMILES string of the molecule is CCS(=O)(=O)CCCn1c(CNCC(C)C)cnc1C. The van der Waals surface area contributed by atoms with Crippen molar-refractivity contribution in [2.24, 2.45) is 5.92 Å². The van der Waals surface area contributed by atoms with Crippen LogP contribution >= 0.6 is 0 Å². The predicted molar refractivity (Wildman–Crippen MR) is 82.5 cm³/mol. The van der Waals surface area contributed by atoms with E-state index in [4.69, 9.17) is 0 Å². The largest absolute Gasteiger partial charge is 0.331 e. The minimum atomic E-state index is -2.88. The van der Waals surface area contributed by atoms with Gasteiger partial charge in [0.1, 0.15) is 15.7 Å². The first kappa shape index (κ1) is 17.2. The Labute approximate surface area is 122 Å². The number of nitrogens with one attached hydrogen (secondary N) is 1. The highest BCUT2D eigenvalue weighted by atomic mass is 32.2. The number of nitrogens with zero attached hydrogens (tertiary/aromatic N) is 2. The molecule has 1 rings (SSSR count). The van der Waals surface area contributed by atoms with Gasteiger partial charge in [0.05, 0.1) is 11.4 Å². The third-order valence-corrected chi connectivity index (χ3v) is 5.06. The first-order chi connectivity index (χ1) is 9.35. The van der Waals surface area contributed by atoms with E-state index in [1.165, 1.54) is 0 Å². The Balaban J connectivity index is 2.54. The maximum absolute atomic E-state index is 11.5. The van der Waals surface area contributed by atoms with E-state index in [1.54, 1.807) is 6.92 Å². The summed E-state index contributed by atoms with van der Waals surface area (Å²) in [6.07, 6.45) is 2.52. The van der Waals surface area contributed by atoms with Gasteiger partial charge in [0.15, 0.2) is 0 Å². The van der Waals surface area contributed by atoms with E-state index in [1.807, 2.05) is 13.1 Å².